The zero-order valence-electron chi connectivity index (χ0n) is 8.41. The summed E-state index contributed by atoms with van der Waals surface area (Å²) >= 11 is 5.62. The number of hydrogen-bond donors (Lipinski definition) is 1. The highest BCUT2D eigenvalue weighted by Crippen LogP contribution is 2.33. The van der Waals surface area contributed by atoms with Gasteiger partial charge in [-0.25, -0.2) is 8.78 Å². The Balaban J connectivity index is 2.45. The lowest BCUT2D eigenvalue weighted by atomic mass is 9.90. The van der Waals surface area contributed by atoms with Crippen molar-refractivity contribution in [3.05, 3.63) is 34.4 Å². The lowest BCUT2D eigenvalue weighted by Gasteiger charge is -2.25. The highest BCUT2D eigenvalue weighted by Gasteiger charge is 2.31. The van der Waals surface area contributed by atoms with Crippen LogP contribution in [0.25, 0.3) is 0 Å². The molecule has 1 aliphatic heterocycles. The van der Waals surface area contributed by atoms with Crippen molar-refractivity contribution in [2.45, 2.75) is 25.3 Å². The summed E-state index contributed by atoms with van der Waals surface area (Å²) in [6.45, 7) is 2.87. The molecule has 1 atom stereocenters. The molecular weight excluding hydrogens is 220 g/mol. The molecule has 82 valence electrons. The Bertz CT molecular complexity index is 363. The molecule has 2 rings (SSSR count). The van der Waals surface area contributed by atoms with Crippen molar-refractivity contribution in [1.29, 1.82) is 0 Å². The molecule has 0 aromatic heterocycles. The van der Waals surface area contributed by atoms with Crippen LogP contribution in [0.4, 0.5) is 8.78 Å². The Morgan fingerprint density at radius 3 is 2.67 bits per heavy atom. The molecule has 1 N–H and O–H groups in total. The van der Waals surface area contributed by atoms with Gasteiger partial charge in [-0.3, -0.25) is 0 Å². The van der Waals surface area contributed by atoms with Gasteiger partial charge >= 0.3 is 0 Å². The van der Waals surface area contributed by atoms with E-state index in [0.29, 0.717) is 5.56 Å². The first-order valence-corrected chi connectivity index (χ1v) is 5.31. The van der Waals surface area contributed by atoms with E-state index in [0.717, 1.165) is 19.4 Å². The van der Waals surface area contributed by atoms with Gasteiger partial charge < -0.3 is 5.32 Å². The van der Waals surface area contributed by atoms with E-state index >= 15 is 0 Å². The maximum atomic E-state index is 13.2. The lowest BCUT2D eigenvalue weighted by Crippen LogP contribution is -2.33. The van der Waals surface area contributed by atoms with Gasteiger partial charge in [-0.05, 0) is 44.0 Å². The number of benzene rings is 1. The third kappa shape index (κ3) is 1.86. The number of hydrogen-bond acceptors (Lipinski definition) is 1. The molecule has 0 radical (unpaired) electrons. The molecule has 0 spiro atoms. The van der Waals surface area contributed by atoms with Crippen molar-refractivity contribution < 1.29 is 8.78 Å². The van der Waals surface area contributed by atoms with Crippen LogP contribution in [-0.2, 0) is 5.54 Å². The van der Waals surface area contributed by atoms with Crippen molar-refractivity contribution in [3.8, 4) is 0 Å². The number of rotatable bonds is 1. The standard InChI is InChI=1S/C11H12ClF2N/c1-11(3-2-4-15-11)7-5-8(12)10(14)9(13)6-7/h5-6,15H,2-4H2,1H3. The largest absolute Gasteiger partial charge is 0.308 e. The molecule has 0 aliphatic carbocycles. The quantitative estimate of drug-likeness (QED) is 0.732. The Kier molecular flexibility index (Phi) is 2.69. The molecule has 0 saturated carbocycles. The maximum absolute atomic E-state index is 13.2. The summed E-state index contributed by atoms with van der Waals surface area (Å²) in [4.78, 5) is 0. The van der Waals surface area contributed by atoms with Gasteiger partial charge in [-0.1, -0.05) is 11.6 Å². The summed E-state index contributed by atoms with van der Waals surface area (Å²) < 4.78 is 26.2. The van der Waals surface area contributed by atoms with Crippen LogP contribution in [0.1, 0.15) is 25.3 Å². The molecule has 1 aromatic rings. The monoisotopic (exact) mass is 231 g/mol. The minimum atomic E-state index is -0.970. The molecule has 1 aromatic carbocycles. The second kappa shape index (κ2) is 3.72. The predicted molar refractivity (Wildman–Crippen MR) is 56.0 cm³/mol. The van der Waals surface area contributed by atoms with E-state index in [1.165, 1.54) is 12.1 Å². The second-order valence-corrected chi connectivity index (χ2v) is 4.52. The molecule has 1 unspecified atom stereocenters. The van der Waals surface area contributed by atoms with Crippen molar-refractivity contribution in [3.63, 3.8) is 0 Å². The second-order valence-electron chi connectivity index (χ2n) is 4.12. The SMILES string of the molecule is CC1(c2cc(F)c(F)c(Cl)c2)CCCN1. The molecular formula is C11H12ClF2N. The van der Waals surface area contributed by atoms with E-state index in [1.807, 2.05) is 6.92 Å². The molecule has 1 fully saturated rings. The summed E-state index contributed by atoms with van der Waals surface area (Å²) in [5.41, 5.74) is 0.432. The van der Waals surface area contributed by atoms with E-state index in [-0.39, 0.29) is 10.6 Å². The lowest BCUT2D eigenvalue weighted by molar-refractivity contribution is 0.426. The summed E-state index contributed by atoms with van der Waals surface area (Å²) in [5, 5.41) is 3.12. The van der Waals surface area contributed by atoms with Gasteiger partial charge in [0.1, 0.15) is 0 Å². The van der Waals surface area contributed by atoms with Crippen LogP contribution < -0.4 is 5.32 Å². The van der Waals surface area contributed by atoms with Crippen LogP contribution in [0.2, 0.25) is 5.02 Å². The van der Waals surface area contributed by atoms with Gasteiger partial charge in [0.2, 0.25) is 0 Å². The van der Waals surface area contributed by atoms with Crippen LogP contribution in [0.3, 0.4) is 0 Å². The average Bonchev–Trinajstić information content (AvgIpc) is 2.62. The molecule has 0 amide bonds. The minimum absolute atomic E-state index is 0.153. The summed E-state index contributed by atoms with van der Waals surface area (Å²) in [6, 6.07) is 2.72. The molecule has 1 nitrogen and oxygen atoms in total. The third-order valence-corrected chi connectivity index (χ3v) is 3.26. The van der Waals surface area contributed by atoms with Gasteiger partial charge in [0, 0.05) is 5.54 Å². The van der Waals surface area contributed by atoms with Crippen LogP contribution in [0.15, 0.2) is 12.1 Å². The van der Waals surface area contributed by atoms with Crippen LogP contribution in [-0.4, -0.2) is 6.54 Å². The zero-order chi connectivity index (χ0) is 11.1. The van der Waals surface area contributed by atoms with Crippen LogP contribution >= 0.6 is 11.6 Å². The van der Waals surface area contributed by atoms with Gasteiger partial charge in [0.25, 0.3) is 0 Å². The first-order valence-electron chi connectivity index (χ1n) is 4.93. The first-order chi connectivity index (χ1) is 7.03. The smallest absolute Gasteiger partial charge is 0.177 e. The highest BCUT2D eigenvalue weighted by atomic mass is 35.5. The zero-order valence-corrected chi connectivity index (χ0v) is 9.17. The van der Waals surface area contributed by atoms with E-state index in [9.17, 15) is 8.78 Å². The fourth-order valence-electron chi connectivity index (χ4n) is 2.02. The molecule has 15 heavy (non-hydrogen) atoms. The molecule has 0 bridgehead atoms. The third-order valence-electron chi connectivity index (χ3n) is 2.99. The Labute approximate surface area is 92.4 Å². The normalized spacial score (nSPS) is 25.9. The van der Waals surface area contributed by atoms with Gasteiger partial charge in [-0.15, -0.1) is 0 Å². The van der Waals surface area contributed by atoms with E-state index in [4.69, 9.17) is 11.6 Å². The van der Waals surface area contributed by atoms with Crippen molar-refractivity contribution in [2.24, 2.45) is 0 Å². The van der Waals surface area contributed by atoms with E-state index in [1.54, 1.807) is 0 Å². The van der Waals surface area contributed by atoms with Gasteiger partial charge in [0.05, 0.1) is 5.02 Å². The van der Waals surface area contributed by atoms with Crippen molar-refractivity contribution >= 4 is 11.6 Å². The predicted octanol–water partition coefficient (Wildman–Crippen LogP) is 3.22. The van der Waals surface area contributed by atoms with Crippen LogP contribution in [0, 0.1) is 11.6 Å². The molecule has 1 heterocycles. The summed E-state index contributed by atoms with van der Waals surface area (Å²) in [5.74, 6) is -1.85. The van der Waals surface area contributed by atoms with E-state index in [2.05, 4.69) is 5.32 Å². The average molecular weight is 232 g/mol. The fourth-order valence-corrected chi connectivity index (χ4v) is 2.22. The van der Waals surface area contributed by atoms with Crippen molar-refractivity contribution in [2.75, 3.05) is 6.54 Å². The summed E-state index contributed by atoms with van der Waals surface area (Å²) in [6.07, 6.45) is 1.95. The molecule has 1 saturated heterocycles. The fraction of sp³-hybridized carbons (Fsp3) is 0.455. The topological polar surface area (TPSA) is 12.0 Å². The molecule has 1 aliphatic rings. The van der Waals surface area contributed by atoms with Crippen molar-refractivity contribution in [1.82, 2.24) is 5.32 Å². The van der Waals surface area contributed by atoms with Gasteiger partial charge in [-0.2, -0.15) is 0 Å². The Hall–Kier alpha value is -0.670. The van der Waals surface area contributed by atoms with Gasteiger partial charge in [0.15, 0.2) is 11.6 Å². The number of nitrogens with one attached hydrogen (secondary N) is 1. The summed E-state index contributed by atoms with van der Waals surface area (Å²) in [7, 11) is 0. The maximum Gasteiger partial charge on any atom is 0.177 e. The molecule has 4 heteroatoms. The highest BCUT2D eigenvalue weighted by molar-refractivity contribution is 6.30. The minimum Gasteiger partial charge on any atom is -0.308 e. The van der Waals surface area contributed by atoms with E-state index < -0.39 is 11.6 Å². The Morgan fingerprint density at radius 1 is 1.40 bits per heavy atom. The number of halogens is 3. The Morgan fingerprint density at radius 2 is 2.13 bits per heavy atom. The first kappa shape index (κ1) is 10.8. The van der Waals surface area contributed by atoms with Crippen LogP contribution in [0.5, 0.6) is 0 Å².